The summed E-state index contributed by atoms with van der Waals surface area (Å²) in [5.41, 5.74) is 4.21. The smallest absolute Gasteiger partial charge is 0.163 e. The van der Waals surface area contributed by atoms with E-state index < -0.39 is 0 Å². The van der Waals surface area contributed by atoms with E-state index in [0.29, 0.717) is 0 Å². The molecule has 1 aromatic heterocycles. The van der Waals surface area contributed by atoms with Crippen LogP contribution in [0.15, 0.2) is 16.6 Å². The standard InChI is InChI=1S/C31H38BrN3/c1-17-3-25(32)4-18(2)26(17)27-33-28(30-11-19-5-20(12-30)7-21(6-19)13-30)35-29(34-27)31-14-22-8-23(15-31)10-24(9-22)16-31/h3-4,19-24H,5-16H2,1-2H3. The Balaban J connectivity index is 1.32. The molecule has 184 valence electrons. The Morgan fingerprint density at radius 2 is 0.943 bits per heavy atom. The number of rotatable bonds is 3. The first kappa shape index (κ1) is 21.8. The number of hydrogen-bond acceptors (Lipinski definition) is 3. The van der Waals surface area contributed by atoms with E-state index in [0.717, 1.165) is 45.8 Å². The molecule has 2 aromatic rings. The fourth-order valence-electron chi connectivity index (χ4n) is 11.0. The van der Waals surface area contributed by atoms with Crippen molar-refractivity contribution in [3.63, 3.8) is 0 Å². The minimum atomic E-state index is 0.209. The molecule has 1 heterocycles. The fraction of sp³-hybridized carbons (Fsp3) is 0.710. The molecule has 8 aliphatic rings. The van der Waals surface area contributed by atoms with Crippen LogP contribution in [0.2, 0.25) is 0 Å². The van der Waals surface area contributed by atoms with Crippen LogP contribution in [0.3, 0.4) is 0 Å². The Hall–Kier alpha value is -1.29. The summed E-state index contributed by atoms with van der Waals surface area (Å²) in [6, 6.07) is 4.47. The maximum absolute atomic E-state index is 5.58. The molecule has 8 bridgehead atoms. The van der Waals surface area contributed by atoms with Crippen molar-refractivity contribution < 1.29 is 0 Å². The zero-order chi connectivity index (χ0) is 23.5. The van der Waals surface area contributed by atoms with Crippen molar-refractivity contribution in [2.45, 2.75) is 102 Å². The molecule has 1 aromatic carbocycles. The van der Waals surface area contributed by atoms with Gasteiger partial charge >= 0.3 is 0 Å². The summed E-state index contributed by atoms with van der Waals surface area (Å²) in [5.74, 6) is 8.77. The van der Waals surface area contributed by atoms with Crippen molar-refractivity contribution in [3.8, 4) is 11.4 Å². The quantitative estimate of drug-likeness (QED) is 0.404. The minimum Gasteiger partial charge on any atom is -0.217 e. The van der Waals surface area contributed by atoms with E-state index >= 15 is 0 Å². The average molecular weight is 533 g/mol. The topological polar surface area (TPSA) is 38.7 Å². The lowest BCUT2D eigenvalue weighted by Gasteiger charge is -2.57. The largest absolute Gasteiger partial charge is 0.217 e. The summed E-state index contributed by atoms with van der Waals surface area (Å²) >= 11 is 3.71. The molecule has 0 spiro atoms. The van der Waals surface area contributed by atoms with Gasteiger partial charge in [0.15, 0.2) is 5.82 Å². The first-order valence-corrected chi connectivity index (χ1v) is 15.2. The molecule has 35 heavy (non-hydrogen) atoms. The van der Waals surface area contributed by atoms with E-state index in [1.54, 1.807) is 0 Å². The molecule has 8 saturated carbocycles. The lowest BCUT2D eigenvalue weighted by Crippen LogP contribution is -2.51. The molecule has 0 N–H and O–H groups in total. The first-order chi connectivity index (χ1) is 16.9. The number of nitrogens with zero attached hydrogens (tertiary/aromatic N) is 3. The van der Waals surface area contributed by atoms with Crippen LogP contribution in [0.4, 0.5) is 0 Å². The second-order valence-electron chi connectivity index (χ2n) is 14.1. The van der Waals surface area contributed by atoms with Crippen LogP contribution in [0.5, 0.6) is 0 Å². The van der Waals surface area contributed by atoms with Crippen LogP contribution in [0, 0.1) is 49.4 Å². The van der Waals surface area contributed by atoms with E-state index in [-0.39, 0.29) is 10.8 Å². The maximum Gasteiger partial charge on any atom is 0.163 e. The van der Waals surface area contributed by atoms with E-state index in [9.17, 15) is 0 Å². The normalized spacial score (nSPS) is 42.7. The average Bonchev–Trinajstić information content (AvgIpc) is 2.76. The zero-order valence-electron chi connectivity index (χ0n) is 21.3. The number of halogens is 1. The first-order valence-electron chi connectivity index (χ1n) is 14.4. The van der Waals surface area contributed by atoms with Gasteiger partial charge in [-0.1, -0.05) is 15.9 Å². The number of aryl methyl sites for hydroxylation is 2. The number of benzene rings is 1. The van der Waals surface area contributed by atoms with Gasteiger partial charge in [-0.3, -0.25) is 0 Å². The van der Waals surface area contributed by atoms with Gasteiger partial charge in [-0.2, -0.15) is 0 Å². The molecule has 0 radical (unpaired) electrons. The van der Waals surface area contributed by atoms with E-state index in [1.807, 2.05) is 0 Å². The van der Waals surface area contributed by atoms with E-state index in [2.05, 4.69) is 41.9 Å². The Bertz CT molecular complexity index is 1060. The molecule has 0 amide bonds. The predicted octanol–water partition coefficient (Wildman–Crippen LogP) is 7.85. The van der Waals surface area contributed by atoms with Gasteiger partial charge < -0.3 is 0 Å². The van der Waals surface area contributed by atoms with Gasteiger partial charge in [0.2, 0.25) is 0 Å². The van der Waals surface area contributed by atoms with Gasteiger partial charge in [0.1, 0.15) is 11.6 Å². The van der Waals surface area contributed by atoms with Crippen LogP contribution in [-0.4, -0.2) is 15.0 Å². The van der Waals surface area contributed by atoms with Crippen LogP contribution in [0.25, 0.3) is 11.4 Å². The molecule has 4 heteroatoms. The third-order valence-corrected chi connectivity index (χ3v) is 11.8. The van der Waals surface area contributed by atoms with Gasteiger partial charge in [-0.25, -0.2) is 15.0 Å². The van der Waals surface area contributed by atoms with Crippen molar-refractivity contribution >= 4 is 15.9 Å². The van der Waals surface area contributed by atoms with Crippen LogP contribution < -0.4 is 0 Å². The van der Waals surface area contributed by atoms with Gasteiger partial charge in [0.05, 0.1) is 0 Å². The highest BCUT2D eigenvalue weighted by atomic mass is 79.9. The van der Waals surface area contributed by atoms with Crippen LogP contribution >= 0.6 is 15.9 Å². The summed E-state index contributed by atoms with van der Waals surface area (Å²) < 4.78 is 1.15. The molecule has 3 nitrogen and oxygen atoms in total. The fourth-order valence-corrected chi connectivity index (χ4v) is 11.7. The van der Waals surface area contributed by atoms with Crippen molar-refractivity contribution in [1.82, 2.24) is 15.0 Å². The van der Waals surface area contributed by atoms with Crippen molar-refractivity contribution in [3.05, 3.63) is 39.4 Å². The molecule has 0 saturated heterocycles. The lowest BCUT2D eigenvalue weighted by molar-refractivity contribution is -0.0155. The third-order valence-electron chi connectivity index (χ3n) is 11.4. The van der Waals surface area contributed by atoms with Crippen LogP contribution in [-0.2, 0) is 10.8 Å². The van der Waals surface area contributed by atoms with Crippen LogP contribution in [0.1, 0.15) is 99.8 Å². The SMILES string of the molecule is Cc1cc(Br)cc(C)c1-c1nc(C23CC4CC(CC(C4)C2)C3)nc(C23CC4CC(CC(C4)C2)C3)n1. The second kappa shape index (κ2) is 7.39. The highest BCUT2D eigenvalue weighted by Crippen LogP contribution is 2.62. The summed E-state index contributed by atoms with van der Waals surface area (Å²) in [5, 5.41) is 0. The van der Waals surface area contributed by atoms with E-state index in [4.69, 9.17) is 15.0 Å². The number of hydrogen-bond donors (Lipinski definition) is 0. The van der Waals surface area contributed by atoms with Crippen molar-refractivity contribution in [2.24, 2.45) is 35.5 Å². The summed E-state index contributed by atoms with van der Waals surface area (Å²) in [6.45, 7) is 4.46. The third kappa shape index (κ3) is 3.30. The predicted molar refractivity (Wildman–Crippen MR) is 142 cm³/mol. The van der Waals surface area contributed by atoms with E-state index in [1.165, 1.54) is 105 Å². The minimum absolute atomic E-state index is 0.209. The molecular weight excluding hydrogens is 494 g/mol. The molecule has 8 aliphatic carbocycles. The molecule has 0 aliphatic heterocycles. The Kier molecular flexibility index (Phi) is 4.60. The molecule has 0 atom stereocenters. The summed E-state index contributed by atoms with van der Waals surface area (Å²) in [6.07, 6.45) is 16.7. The molecule has 10 rings (SSSR count). The molecular formula is C31H38BrN3. The summed E-state index contributed by atoms with van der Waals surface area (Å²) in [7, 11) is 0. The highest BCUT2D eigenvalue weighted by molar-refractivity contribution is 9.10. The zero-order valence-corrected chi connectivity index (χ0v) is 22.9. The monoisotopic (exact) mass is 531 g/mol. The summed E-state index contributed by atoms with van der Waals surface area (Å²) in [4.78, 5) is 16.5. The Labute approximate surface area is 218 Å². The Morgan fingerprint density at radius 3 is 1.29 bits per heavy atom. The second-order valence-corrected chi connectivity index (χ2v) is 15.0. The lowest BCUT2D eigenvalue weighted by atomic mass is 9.49. The molecule has 0 unspecified atom stereocenters. The van der Waals surface area contributed by atoms with Crippen molar-refractivity contribution in [1.29, 1.82) is 0 Å². The maximum atomic E-state index is 5.58. The van der Waals surface area contributed by atoms with Gasteiger partial charge in [-0.05, 0) is 150 Å². The number of aromatic nitrogens is 3. The highest BCUT2D eigenvalue weighted by Gasteiger charge is 2.56. The van der Waals surface area contributed by atoms with Gasteiger partial charge in [0, 0.05) is 20.9 Å². The Morgan fingerprint density at radius 1 is 0.600 bits per heavy atom. The van der Waals surface area contributed by atoms with Crippen molar-refractivity contribution in [2.75, 3.05) is 0 Å². The van der Waals surface area contributed by atoms with Gasteiger partial charge in [0.25, 0.3) is 0 Å². The molecule has 8 fully saturated rings. The van der Waals surface area contributed by atoms with Gasteiger partial charge in [-0.15, -0.1) is 0 Å².